The molecule has 196 valence electrons. The summed E-state index contributed by atoms with van der Waals surface area (Å²) in [5.41, 5.74) is -1.36. The molecule has 0 aliphatic carbocycles. The van der Waals surface area contributed by atoms with Crippen molar-refractivity contribution in [3.05, 3.63) is 52.0 Å². The normalized spacial score (nSPS) is 21.8. The fourth-order valence-corrected chi connectivity index (χ4v) is 6.95. The zero-order valence-corrected chi connectivity index (χ0v) is 21.1. The van der Waals surface area contributed by atoms with E-state index in [0.29, 0.717) is 0 Å². The Labute approximate surface area is 214 Å². The van der Waals surface area contributed by atoms with Crippen LogP contribution in [0, 0.1) is 5.82 Å². The first-order chi connectivity index (χ1) is 16.7. The van der Waals surface area contributed by atoms with E-state index >= 15 is 0 Å². The summed E-state index contributed by atoms with van der Waals surface area (Å²) in [6, 6.07) is 3.77. The Hall–Kier alpha value is -2.15. The molecule has 0 bridgehead atoms. The molecule has 14 heteroatoms. The number of carbonyl (C=O) groups excluding carboxylic acids is 1. The standard InChI is InChI=1S/C22H21Cl2F4N3O4S/c1-12-4-15(36(33,34)18-3-2-14(6-16(18)24)35-11-22(26,27)28)8-31(12)20(32)21(9-29-10-21)19-17(25)5-13(23)7-30-19/h2-3,5-7,12,15,29H,4,8-11H2,1H3/t12-,15-/m1/s1. The number of hydrogen-bond acceptors (Lipinski definition) is 6. The van der Waals surface area contributed by atoms with Crippen LogP contribution >= 0.6 is 23.2 Å². The van der Waals surface area contributed by atoms with Gasteiger partial charge in [0.25, 0.3) is 0 Å². The van der Waals surface area contributed by atoms with Crippen LogP contribution in [0.2, 0.25) is 10.0 Å². The number of pyridine rings is 1. The largest absolute Gasteiger partial charge is 0.484 e. The molecule has 2 aliphatic heterocycles. The molecule has 1 aromatic carbocycles. The zero-order valence-electron chi connectivity index (χ0n) is 18.8. The van der Waals surface area contributed by atoms with Crippen molar-refractivity contribution in [2.45, 2.75) is 41.1 Å². The smallest absolute Gasteiger partial charge is 0.422 e. The summed E-state index contributed by atoms with van der Waals surface area (Å²) in [5, 5.41) is 1.72. The summed E-state index contributed by atoms with van der Waals surface area (Å²) >= 11 is 11.9. The van der Waals surface area contributed by atoms with Gasteiger partial charge >= 0.3 is 6.18 Å². The number of alkyl halides is 3. The molecule has 1 N–H and O–H groups in total. The maximum atomic E-state index is 14.7. The summed E-state index contributed by atoms with van der Waals surface area (Å²) in [6.45, 7) is 0.231. The molecular formula is C22H21Cl2F4N3O4S. The van der Waals surface area contributed by atoms with Crippen molar-refractivity contribution in [2.24, 2.45) is 0 Å². The second-order valence-corrected chi connectivity index (χ2v) is 11.9. The van der Waals surface area contributed by atoms with E-state index in [4.69, 9.17) is 23.2 Å². The molecule has 1 aromatic heterocycles. The predicted octanol–water partition coefficient (Wildman–Crippen LogP) is 3.77. The maximum absolute atomic E-state index is 14.7. The average molecular weight is 570 g/mol. The molecule has 1 amide bonds. The predicted molar refractivity (Wildman–Crippen MR) is 124 cm³/mol. The van der Waals surface area contributed by atoms with Gasteiger partial charge in [-0.05, 0) is 31.5 Å². The Morgan fingerprint density at radius 1 is 1.28 bits per heavy atom. The fourth-order valence-electron chi connectivity index (χ4n) is 4.47. The van der Waals surface area contributed by atoms with E-state index in [2.05, 4.69) is 15.0 Å². The van der Waals surface area contributed by atoms with E-state index in [1.54, 1.807) is 6.92 Å². The number of nitrogens with one attached hydrogen (secondary N) is 1. The summed E-state index contributed by atoms with van der Waals surface area (Å²) < 4.78 is 83.2. The third kappa shape index (κ3) is 5.00. The second kappa shape index (κ2) is 9.62. The Morgan fingerprint density at radius 2 is 1.97 bits per heavy atom. The van der Waals surface area contributed by atoms with Gasteiger partial charge in [-0.3, -0.25) is 9.78 Å². The van der Waals surface area contributed by atoms with E-state index in [1.165, 1.54) is 11.1 Å². The maximum Gasteiger partial charge on any atom is 0.422 e. The van der Waals surface area contributed by atoms with E-state index in [0.717, 1.165) is 24.3 Å². The van der Waals surface area contributed by atoms with Gasteiger partial charge in [0.2, 0.25) is 5.91 Å². The van der Waals surface area contributed by atoms with Gasteiger partial charge in [0.05, 0.1) is 25.9 Å². The van der Waals surface area contributed by atoms with Crippen molar-refractivity contribution in [2.75, 3.05) is 26.2 Å². The van der Waals surface area contributed by atoms with Crippen molar-refractivity contribution < 1.29 is 35.5 Å². The number of rotatable bonds is 6. The molecule has 2 fully saturated rings. The number of amides is 1. The van der Waals surface area contributed by atoms with Gasteiger partial charge in [0, 0.05) is 37.9 Å². The minimum Gasteiger partial charge on any atom is -0.484 e. The van der Waals surface area contributed by atoms with Crippen molar-refractivity contribution in [3.63, 3.8) is 0 Å². The van der Waals surface area contributed by atoms with Gasteiger partial charge in [0.15, 0.2) is 16.4 Å². The molecule has 36 heavy (non-hydrogen) atoms. The highest BCUT2D eigenvalue weighted by Gasteiger charge is 2.54. The molecule has 4 rings (SSSR count). The minimum atomic E-state index is -4.56. The number of hydrogen-bond donors (Lipinski definition) is 1. The zero-order chi connectivity index (χ0) is 26.5. The second-order valence-electron chi connectivity index (χ2n) is 8.87. The number of benzene rings is 1. The highest BCUT2D eigenvalue weighted by Crippen LogP contribution is 2.38. The lowest BCUT2D eigenvalue weighted by atomic mass is 9.76. The first-order valence-electron chi connectivity index (χ1n) is 10.8. The summed E-state index contributed by atoms with van der Waals surface area (Å²) in [7, 11) is -4.07. The Balaban J connectivity index is 1.55. The number of nitrogens with zero attached hydrogens (tertiary/aromatic N) is 2. The SMILES string of the molecule is C[C@@H]1C[C@@H](S(=O)(=O)c2ccc(OCC(F)(F)F)cc2Cl)CN1C(=O)C1(c2ncc(Cl)cc2F)CNC1. The quantitative estimate of drug-likeness (QED) is 0.533. The summed E-state index contributed by atoms with van der Waals surface area (Å²) in [6.07, 6.45) is -3.22. The molecule has 0 spiro atoms. The van der Waals surface area contributed by atoms with Crippen molar-refractivity contribution in [1.82, 2.24) is 15.2 Å². The number of halogens is 6. The van der Waals surface area contributed by atoms with Gasteiger partial charge in [-0.25, -0.2) is 12.8 Å². The van der Waals surface area contributed by atoms with Gasteiger partial charge in [0.1, 0.15) is 17.0 Å². The lowest BCUT2D eigenvalue weighted by Crippen LogP contribution is -2.66. The third-order valence-corrected chi connectivity index (χ3v) is 9.19. The fraction of sp³-hybridized carbons (Fsp3) is 0.455. The van der Waals surface area contributed by atoms with Crippen LogP contribution in [0.1, 0.15) is 19.0 Å². The van der Waals surface area contributed by atoms with Crippen LogP contribution in [0.15, 0.2) is 35.4 Å². The first-order valence-corrected chi connectivity index (χ1v) is 13.1. The molecule has 0 unspecified atom stereocenters. The van der Waals surface area contributed by atoms with Crippen LogP contribution in [0.25, 0.3) is 0 Å². The topological polar surface area (TPSA) is 88.6 Å². The van der Waals surface area contributed by atoms with Crippen molar-refractivity contribution in [1.29, 1.82) is 0 Å². The molecule has 2 atom stereocenters. The summed E-state index contributed by atoms with van der Waals surface area (Å²) in [5.74, 6) is -1.42. The highest BCUT2D eigenvalue weighted by atomic mass is 35.5. The molecule has 0 radical (unpaired) electrons. The number of carbonyl (C=O) groups is 1. The minimum absolute atomic E-state index is 0.0633. The monoisotopic (exact) mass is 569 g/mol. The molecule has 2 aliphatic rings. The number of likely N-dealkylation sites (tertiary alicyclic amines) is 1. The number of ether oxygens (including phenoxy) is 1. The molecule has 2 aromatic rings. The van der Waals surface area contributed by atoms with E-state index in [9.17, 15) is 30.8 Å². The van der Waals surface area contributed by atoms with Crippen LogP contribution in [0.3, 0.4) is 0 Å². The highest BCUT2D eigenvalue weighted by molar-refractivity contribution is 7.92. The van der Waals surface area contributed by atoms with Gasteiger partial charge in [-0.2, -0.15) is 13.2 Å². The van der Waals surface area contributed by atoms with Gasteiger partial charge in [-0.1, -0.05) is 23.2 Å². The average Bonchev–Trinajstić information content (AvgIpc) is 3.14. The van der Waals surface area contributed by atoms with Crippen molar-refractivity contribution in [3.8, 4) is 5.75 Å². The van der Waals surface area contributed by atoms with Crippen LogP contribution in [0.4, 0.5) is 17.6 Å². The molecule has 2 saturated heterocycles. The first kappa shape index (κ1) is 26.9. The van der Waals surface area contributed by atoms with E-state index < -0.39 is 51.1 Å². The molecule has 0 saturated carbocycles. The lowest BCUT2D eigenvalue weighted by molar-refractivity contribution is -0.153. The summed E-state index contributed by atoms with van der Waals surface area (Å²) in [4.78, 5) is 18.7. The third-order valence-electron chi connectivity index (χ3n) is 6.37. The van der Waals surface area contributed by atoms with E-state index in [-0.39, 0.29) is 52.4 Å². The van der Waals surface area contributed by atoms with Gasteiger partial charge in [-0.15, -0.1) is 0 Å². The Morgan fingerprint density at radius 3 is 2.53 bits per heavy atom. The Kier molecular flexibility index (Phi) is 7.19. The molecule has 3 heterocycles. The van der Waals surface area contributed by atoms with Crippen LogP contribution in [-0.2, 0) is 20.0 Å². The van der Waals surface area contributed by atoms with Gasteiger partial charge < -0.3 is 15.0 Å². The van der Waals surface area contributed by atoms with Crippen molar-refractivity contribution >= 4 is 38.9 Å². The Bertz CT molecular complexity index is 1290. The number of sulfone groups is 1. The molecular weight excluding hydrogens is 549 g/mol. The molecule has 7 nitrogen and oxygen atoms in total. The van der Waals surface area contributed by atoms with Crippen LogP contribution < -0.4 is 10.1 Å². The van der Waals surface area contributed by atoms with Crippen LogP contribution in [0.5, 0.6) is 5.75 Å². The van der Waals surface area contributed by atoms with E-state index in [1.807, 2.05) is 0 Å². The van der Waals surface area contributed by atoms with Crippen LogP contribution in [-0.4, -0.2) is 67.9 Å². The lowest BCUT2D eigenvalue weighted by Gasteiger charge is -2.43. The number of aromatic nitrogens is 1.